The van der Waals surface area contributed by atoms with Gasteiger partial charge in [-0.2, -0.15) is 17.5 Å². The monoisotopic (exact) mass is 602 g/mol. The molecule has 1 N–H and O–H groups in total. The fraction of sp³-hybridized carbons (Fsp3) is 0.233. The first-order valence-electron chi connectivity index (χ1n) is 12.8. The zero-order chi connectivity index (χ0) is 30.5. The molecule has 1 aliphatic rings. The van der Waals surface area contributed by atoms with E-state index in [0.29, 0.717) is 28.7 Å². The third-order valence-electron chi connectivity index (χ3n) is 6.69. The standard InChI is InChI=1S/C30H29F3N2O6S/c1-40-25-18-22(9-6-21-7-10-24(36)11-8-21)27(28(20-25)41-2)12-13-29(37)34-14-16-35(17-15-34)42(38,39)26-5-3-4-23(19-26)30(31,32)33/h3-13,18-20,36H,14-17H2,1-2H3/b9-6+,13-12+. The van der Waals surface area contributed by atoms with E-state index in [4.69, 9.17) is 9.47 Å². The number of carbonyl (C=O) groups is 1. The van der Waals surface area contributed by atoms with Gasteiger partial charge in [0, 0.05) is 43.9 Å². The highest BCUT2D eigenvalue weighted by Gasteiger charge is 2.34. The smallest absolute Gasteiger partial charge is 0.416 e. The van der Waals surface area contributed by atoms with Crippen molar-refractivity contribution in [1.82, 2.24) is 9.21 Å². The van der Waals surface area contributed by atoms with Crippen molar-refractivity contribution in [3.8, 4) is 17.2 Å². The second kappa shape index (κ2) is 12.7. The Labute approximate surface area is 241 Å². The van der Waals surface area contributed by atoms with Gasteiger partial charge in [-0.25, -0.2) is 8.42 Å². The average molecular weight is 603 g/mol. The van der Waals surface area contributed by atoms with E-state index in [0.717, 1.165) is 28.1 Å². The van der Waals surface area contributed by atoms with Crippen molar-refractivity contribution < 1.29 is 41.0 Å². The maximum absolute atomic E-state index is 13.1. The van der Waals surface area contributed by atoms with Gasteiger partial charge in [-0.15, -0.1) is 0 Å². The average Bonchev–Trinajstić information content (AvgIpc) is 2.99. The van der Waals surface area contributed by atoms with E-state index in [9.17, 15) is 31.5 Å². The van der Waals surface area contributed by atoms with Crippen molar-refractivity contribution in [2.45, 2.75) is 11.1 Å². The molecule has 0 spiro atoms. The SMILES string of the molecule is COc1cc(/C=C/c2ccc(O)cc2)c(/C=C/C(=O)N2CCN(S(=O)(=O)c3cccc(C(F)(F)F)c3)CC2)c(OC)c1. The summed E-state index contributed by atoms with van der Waals surface area (Å²) in [6.45, 7) is -0.00127. The van der Waals surface area contributed by atoms with Crippen molar-refractivity contribution in [3.63, 3.8) is 0 Å². The van der Waals surface area contributed by atoms with Gasteiger partial charge in [-0.3, -0.25) is 4.79 Å². The summed E-state index contributed by atoms with van der Waals surface area (Å²) in [6, 6.07) is 13.7. The molecule has 0 aromatic heterocycles. The number of sulfonamides is 1. The summed E-state index contributed by atoms with van der Waals surface area (Å²) in [6.07, 6.45) is 1.94. The van der Waals surface area contributed by atoms with Gasteiger partial charge >= 0.3 is 6.18 Å². The zero-order valence-electron chi connectivity index (χ0n) is 22.8. The van der Waals surface area contributed by atoms with Crippen LogP contribution in [0, 0.1) is 0 Å². The topological polar surface area (TPSA) is 96.4 Å². The molecule has 42 heavy (non-hydrogen) atoms. The van der Waals surface area contributed by atoms with Gasteiger partial charge in [0.2, 0.25) is 15.9 Å². The number of phenols is 1. The predicted octanol–water partition coefficient (Wildman–Crippen LogP) is 5.14. The molecule has 1 amide bonds. The Balaban J connectivity index is 1.49. The second-order valence-corrected chi connectivity index (χ2v) is 11.3. The number of ether oxygens (including phenoxy) is 2. The lowest BCUT2D eigenvalue weighted by molar-refractivity contribution is -0.137. The normalized spacial score (nSPS) is 14.9. The van der Waals surface area contributed by atoms with Crippen molar-refractivity contribution in [2.24, 2.45) is 0 Å². The molecule has 222 valence electrons. The molecule has 1 heterocycles. The highest BCUT2D eigenvalue weighted by Crippen LogP contribution is 2.33. The quantitative estimate of drug-likeness (QED) is 0.283. The molecule has 3 aromatic carbocycles. The van der Waals surface area contributed by atoms with Crippen LogP contribution < -0.4 is 9.47 Å². The fourth-order valence-corrected chi connectivity index (χ4v) is 5.86. The first-order chi connectivity index (χ1) is 19.9. The lowest BCUT2D eigenvalue weighted by atomic mass is 10.0. The van der Waals surface area contributed by atoms with E-state index < -0.39 is 26.7 Å². The lowest BCUT2D eigenvalue weighted by Crippen LogP contribution is -2.50. The van der Waals surface area contributed by atoms with Crippen molar-refractivity contribution in [2.75, 3.05) is 40.4 Å². The fourth-order valence-electron chi connectivity index (χ4n) is 4.39. The first-order valence-corrected chi connectivity index (χ1v) is 14.2. The Bertz CT molecular complexity index is 1590. The van der Waals surface area contributed by atoms with Gasteiger partial charge in [-0.1, -0.05) is 30.4 Å². The van der Waals surface area contributed by atoms with Crippen LogP contribution in [0.1, 0.15) is 22.3 Å². The highest BCUT2D eigenvalue weighted by molar-refractivity contribution is 7.89. The van der Waals surface area contributed by atoms with Gasteiger partial charge in [-0.05, 0) is 53.6 Å². The van der Waals surface area contributed by atoms with E-state index in [1.54, 1.807) is 42.5 Å². The molecule has 0 bridgehead atoms. The summed E-state index contributed by atoms with van der Waals surface area (Å²) in [4.78, 5) is 14.1. The molecule has 12 heteroatoms. The molecule has 0 aliphatic carbocycles. The van der Waals surface area contributed by atoms with Crippen LogP contribution >= 0.6 is 0 Å². The van der Waals surface area contributed by atoms with Gasteiger partial charge in [0.25, 0.3) is 0 Å². The minimum atomic E-state index is -4.67. The molecule has 8 nitrogen and oxygen atoms in total. The molecule has 1 fully saturated rings. The number of phenolic OH excluding ortho intramolecular Hbond substituents is 1. The third kappa shape index (κ3) is 7.12. The summed E-state index contributed by atoms with van der Waals surface area (Å²) < 4.78 is 77.3. The number of amides is 1. The van der Waals surface area contributed by atoms with Crippen molar-refractivity contribution in [1.29, 1.82) is 0 Å². The maximum Gasteiger partial charge on any atom is 0.416 e. The molecule has 0 atom stereocenters. The van der Waals surface area contributed by atoms with Crippen LogP contribution in [-0.4, -0.2) is 69.0 Å². The summed E-state index contributed by atoms with van der Waals surface area (Å²) in [7, 11) is -1.16. The van der Waals surface area contributed by atoms with E-state index in [1.165, 1.54) is 25.2 Å². The summed E-state index contributed by atoms with van der Waals surface area (Å²) >= 11 is 0. The predicted molar refractivity (Wildman–Crippen MR) is 152 cm³/mol. The van der Waals surface area contributed by atoms with Crippen LogP contribution in [0.15, 0.2) is 71.6 Å². The second-order valence-electron chi connectivity index (χ2n) is 9.35. The molecule has 3 aromatic rings. The van der Waals surface area contributed by atoms with Crippen molar-refractivity contribution >= 4 is 34.2 Å². The number of alkyl halides is 3. The Kier molecular flexibility index (Phi) is 9.27. The Morgan fingerprint density at radius 2 is 1.60 bits per heavy atom. The maximum atomic E-state index is 13.1. The van der Waals surface area contributed by atoms with E-state index in [-0.39, 0.29) is 37.8 Å². The van der Waals surface area contributed by atoms with Crippen LogP contribution in [0.4, 0.5) is 13.2 Å². The van der Waals surface area contributed by atoms with Gasteiger partial charge in [0.05, 0.1) is 24.7 Å². The number of rotatable bonds is 8. The molecule has 0 unspecified atom stereocenters. The largest absolute Gasteiger partial charge is 0.508 e. The number of nitrogens with zero attached hydrogens (tertiary/aromatic N) is 2. The van der Waals surface area contributed by atoms with Crippen LogP contribution in [0.25, 0.3) is 18.2 Å². The molecular weight excluding hydrogens is 573 g/mol. The summed E-state index contributed by atoms with van der Waals surface area (Å²) in [5.74, 6) is 0.781. The molecule has 1 saturated heterocycles. The van der Waals surface area contributed by atoms with Crippen LogP contribution in [0.3, 0.4) is 0 Å². The van der Waals surface area contributed by atoms with Gasteiger partial charge in [0.1, 0.15) is 17.2 Å². The molecule has 1 aliphatic heterocycles. The van der Waals surface area contributed by atoms with Crippen LogP contribution in [-0.2, 0) is 21.0 Å². The number of piperazine rings is 1. The van der Waals surface area contributed by atoms with Gasteiger partial charge in [0.15, 0.2) is 0 Å². The van der Waals surface area contributed by atoms with E-state index >= 15 is 0 Å². The van der Waals surface area contributed by atoms with Gasteiger partial charge < -0.3 is 19.5 Å². The van der Waals surface area contributed by atoms with Crippen LogP contribution in [0.5, 0.6) is 17.2 Å². The van der Waals surface area contributed by atoms with Crippen LogP contribution in [0.2, 0.25) is 0 Å². The lowest BCUT2D eigenvalue weighted by Gasteiger charge is -2.33. The minimum absolute atomic E-state index is 0.0642. The van der Waals surface area contributed by atoms with E-state index in [2.05, 4.69) is 0 Å². The first kappa shape index (κ1) is 30.7. The number of carbonyl (C=O) groups excluding carboxylic acids is 1. The van der Waals surface area contributed by atoms with Crippen molar-refractivity contribution in [3.05, 3.63) is 89.0 Å². The Morgan fingerprint density at radius 3 is 2.21 bits per heavy atom. The number of halogens is 3. The van der Waals surface area contributed by atoms with E-state index in [1.807, 2.05) is 12.2 Å². The number of hydrogen-bond acceptors (Lipinski definition) is 6. The molecular formula is C30H29F3N2O6S. The highest BCUT2D eigenvalue weighted by atomic mass is 32.2. The Morgan fingerprint density at radius 1 is 0.905 bits per heavy atom. The molecule has 0 radical (unpaired) electrons. The Hall–Kier alpha value is -4.29. The molecule has 4 rings (SSSR count). The minimum Gasteiger partial charge on any atom is -0.508 e. The number of hydrogen-bond donors (Lipinski definition) is 1. The third-order valence-corrected chi connectivity index (χ3v) is 8.59. The molecule has 0 saturated carbocycles. The summed E-state index contributed by atoms with van der Waals surface area (Å²) in [5, 5.41) is 9.52. The summed E-state index contributed by atoms with van der Waals surface area (Å²) in [5.41, 5.74) is 1.08. The number of aromatic hydroxyl groups is 1. The zero-order valence-corrected chi connectivity index (χ0v) is 23.7. The number of benzene rings is 3. The number of methoxy groups -OCH3 is 2.